The average Bonchev–Trinajstić information content (AvgIpc) is 2.51. The molecule has 0 bridgehead atoms. The van der Waals surface area contributed by atoms with Crippen LogP contribution in [0.15, 0.2) is 24.3 Å². The van der Waals surface area contributed by atoms with Gasteiger partial charge in [-0.25, -0.2) is 10.4 Å². The number of hydrazine groups is 1. The number of benzene rings is 1. The molecule has 0 saturated carbocycles. The Morgan fingerprint density at radius 2 is 2.31 bits per heavy atom. The topological polar surface area (TPSA) is 32.3 Å². The van der Waals surface area contributed by atoms with Crippen molar-refractivity contribution < 1.29 is 4.79 Å². The van der Waals surface area contributed by atoms with Crippen molar-refractivity contribution in [3.8, 4) is 0 Å². The highest BCUT2D eigenvalue weighted by atomic mass is 16.2. The summed E-state index contributed by atoms with van der Waals surface area (Å²) in [6, 6.07) is 7.90. The molecule has 1 aromatic rings. The van der Waals surface area contributed by atoms with Gasteiger partial charge < -0.3 is 0 Å². The molecule has 1 saturated heterocycles. The van der Waals surface area contributed by atoms with Crippen LogP contribution >= 0.6 is 0 Å². The molecule has 2 rings (SSSR count). The third-order valence-electron chi connectivity index (χ3n) is 2.12. The summed E-state index contributed by atoms with van der Waals surface area (Å²) in [5.74, 6) is 0.144. The van der Waals surface area contributed by atoms with E-state index in [-0.39, 0.29) is 5.91 Å². The minimum Gasteiger partial charge on any atom is -0.273 e. The standard InChI is InChI=1S/C10H12N2O/c1-8-3-2-4-9(7-8)12-10(13)5-6-11-12/h2-4,7,11H,5-6H2,1H3. The second kappa shape index (κ2) is 3.18. The maximum absolute atomic E-state index is 11.3. The van der Waals surface area contributed by atoms with Crippen LogP contribution in [0.4, 0.5) is 5.69 Å². The molecule has 1 aliphatic heterocycles. The minimum absolute atomic E-state index is 0.144. The van der Waals surface area contributed by atoms with Gasteiger partial charge in [-0.15, -0.1) is 0 Å². The molecule has 0 aromatic heterocycles. The van der Waals surface area contributed by atoms with Crippen LogP contribution < -0.4 is 10.4 Å². The van der Waals surface area contributed by atoms with Crippen LogP contribution in [0.1, 0.15) is 12.0 Å². The molecule has 0 unspecified atom stereocenters. The highest BCUT2D eigenvalue weighted by molar-refractivity contribution is 5.94. The van der Waals surface area contributed by atoms with Crippen LogP contribution in [0.5, 0.6) is 0 Å². The van der Waals surface area contributed by atoms with Crippen molar-refractivity contribution in [1.82, 2.24) is 5.43 Å². The van der Waals surface area contributed by atoms with Crippen LogP contribution in [-0.2, 0) is 4.79 Å². The fraction of sp³-hybridized carbons (Fsp3) is 0.300. The summed E-state index contributed by atoms with van der Waals surface area (Å²) in [5, 5.41) is 1.62. The summed E-state index contributed by atoms with van der Waals surface area (Å²) in [7, 11) is 0. The highest BCUT2D eigenvalue weighted by Gasteiger charge is 2.20. The Labute approximate surface area is 77.3 Å². The zero-order chi connectivity index (χ0) is 9.26. The molecule has 3 heteroatoms. The van der Waals surface area contributed by atoms with Crippen molar-refractivity contribution in [2.75, 3.05) is 11.6 Å². The number of anilines is 1. The Hall–Kier alpha value is -1.35. The van der Waals surface area contributed by atoms with Gasteiger partial charge in [0.1, 0.15) is 0 Å². The molecule has 1 aliphatic rings. The number of amides is 1. The van der Waals surface area contributed by atoms with Gasteiger partial charge in [-0.2, -0.15) is 0 Å². The molecule has 0 radical (unpaired) electrons. The molecule has 0 spiro atoms. The fourth-order valence-electron chi connectivity index (χ4n) is 1.48. The maximum atomic E-state index is 11.3. The molecule has 3 nitrogen and oxygen atoms in total. The Balaban J connectivity index is 2.29. The fourth-order valence-corrected chi connectivity index (χ4v) is 1.48. The van der Waals surface area contributed by atoms with Crippen LogP contribution in [-0.4, -0.2) is 12.5 Å². The molecule has 0 atom stereocenters. The second-order valence-corrected chi connectivity index (χ2v) is 3.23. The van der Waals surface area contributed by atoms with E-state index in [0.717, 1.165) is 12.2 Å². The number of nitrogens with zero attached hydrogens (tertiary/aromatic N) is 1. The molecule has 68 valence electrons. The van der Waals surface area contributed by atoms with Gasteiger partial charge in [-0.3, -0.25) is 4.79 Å². The number of nitrogens with one attached hydrogen (secondary N) is 1. The maximum Gasteiger partial charge on any atom is 0.242 e. The van der Waals surface area contributed by atoms with Gasteiger partial charge in [-0.05, 0) is 24.6 Å². The van der Waals surface area contributed by atoms with Crippen LogP contribution in [0, 0.1) is 6.92 Å². The number of aryl methyl sites for hydroxylation is 1. The lowest BCUT2D eigenvalue weighted by Gasteiger charge is -2.15. The van der Waals surface area contributed by atoms with E-state index in [1.54, 1.807) is 5.01 Å². The number of rotatable bonds is 1. The van der Waals surface area contributed by atoms with Gasteiger partial charge >= 0.3 is 0 Å². The first-order valence-electron chi connectivity index (χ1n) is 4.40. The first-order chi connectivity index (χ1) is 6.27. The van der Waals surface area contributed by atoms with Crippen molar-refractivity contribution in [2.45, 2.75) is 13.3 Å². The quantitative estimate of drug-likeness (QED) is 0.698. The lowest BCUT2D eigenvalue weighted by atomic mass is 10.2. The zero-order valence-corrected chi connectivity index (χ0v) is 7.58. The van der Waals surface area contributed by atoms with Crippen LogP contribution in [0.25, 0.3) is 0 Å². The van der Waals surface area contributed by atoms with E-state index in [0.29, 0.717) is 6.42 Å². The molecule has 1 heterocycles. The summed E-state index contributed by atoms with van der Waals surface area (Å²) < 4.78 is 0. The molecular weight excluding hydrogens is 164 g/mol. The van der Waals surface area contributed by atoms with E-state index in [1.165, 1.54) is 5.56 Å². The average molecular weight is 176 g/mol. The molecule has 13 heavy (non-hydrogen) atoms. The van der Waals surface area contributed by atoms with Crippen molar-refractivity contribution in [2.24, 2.45) is 0 Å². The molecule has 1 fully saturated rings. The van der Waals surface area contributed by atoms with Crippen LogP contribution in [0.2, 0.25) is 0 Å². The normalized spacial score (nSPS) is 16.7. The van der Waals surface area contributed by atoms with Crippen molar-refractivity contribution >= 4 is 11.6 Å². The van der Waals surface area contributed by atoms with Gasteiger partial charge in [0.2, 0.25) is 5.91 Å². The molecule has 0 aliphatic carbocycles. The third kappa shape index (κ3) is 1.55. The van der Waals surface area contributed by atoms with E-state index in [2.05, 4.69) is 5.43 Å². The smallest absolute Gasteiger partial charge is 0.242 e. The first kappa shape index (κ1) is 8.26. The third-order valence-corrected chi connectivity index (χ3v) is 2.12. The van der Waals surface area contributed by atoms with E-state index < -0.39 is 0 Å². The minimum atomic E-state index is 0.144. The number of hydrogen-bond donors (Lipinski definition) is 1. The summed E-state index contributed by atoms with van der Waals surface area (Å²) in [6.45, 7) is 2.76. The monoisotopic (exact) mass is 176 g/mol. The van der Waals surface area contributed by atoms with Crippen molar-refractivity contribution in [3.05, 3.63) is 29.8 Å². The molecule has 1 N–H and O–H groups in total. The predicted molar refractivity (Wildman–Crippen MR) is 51.3 cm³/mol. The number of carbonyl (C=O) groups excluding carboxylic acids is 1. The van der Waals surface area contributed by atoms with Gasteiger partial charge in [-0.1, -0.05) is 12.1 Å². The van der Waals surface area contributed by atoms with E-state index in [1.807, 2.05) is 31.2 Å². The lowest BCUT2D eigenvalue weighted by molar-refractivity contribution is -0.117. The summed E-state index contributed by atoms with van der Waals surface area (Å²) in [5.41, 5.74) is 5.13. The van der Waals surface area contributed by atoms with Gasteiger partial charge in [0.05, 0.1) is 5.69 Å². The predicted octanol–water partition coefficient (Wildman–Crippen LogP) is 1.24. The number of hydrogen-bond acceptors (Lipinski definition) is 2. The largest absolute Gasteiger partial charge is 0.273 e. The number of carbonyl (C=O) groups is 1. The zero-order valence-electron chi connectivity index (χ0n) is 7.58. The Morgan fingerprint density at radius 3 is 2.92 bits per heavy atom. The summed E-state index contributed by atoms with van der Waals surface area (Å²) in [4.78, 5) is 11.3. The Kier molecular flexibility index (Phi) is 2.02. The van der Waals surface area contributed by atoms with Crippen molar-refractivity contribution in [3.63, 3.8) is 0 Å². The van der Waals surface area contributed by atoms with E-state index in [4.69, 9.17) is 0 Å². The van der Waals surface area contributed by atoms with E-state index in [9.17, 15) is 4.79 Å². The SMILES string of the molecule is Cc1cccc(N2NCCC2=O)c1. The van der Waals surface area contributed by atoms with Crippen molar-refractivity contribution in [1.29, 1.82) is 0 Å². The Morgan fingerprint density at radius 1 is 1.46 bits per heavy atom. The van der Waals surface area contributed by atoms with Gasteiger partial charge in [0.15, 0.2) is 0 Å². The van der Waals surface area contributed by atoms with Crippen LogP contribution in [0.3, 0.4) is 0 Å². The van der Waals surface area contributed by atoms with Gasteiger partial charge in [0, 0.05) is 13.0 Å². The lowest BCUT2D eigenvalue weighted by Crippen LogP contribution is -2.33. The van der Waals surface area contributed by atoms with E-state index >= 15 is 0 Å². The second-order valence-electron chi connectivity index (χ2n) is 3.23. The highest BCUT2D eigenvalue weighted by Crippen LogP contribution is 2.17. The van der Waals surface area contributed by atoms with Gasteiger partial charge in [0.25, 0.3) is 0 Å². The first-order valence-corrected chi connectivity index (χ1v) is 4.40. The molecule has 1 aromatic carbocycles. The summed E-state index contributed by atoms with van der Waals surface area (Å²) >= 11 is 0. The molecule has 1 amide bonds. The summed E-state index contributed by atoms with van der Waals surface area (Å²) in [6.07, 6.45) is 0.591. The Bertz CT molecular complexity index is 335. The molecular formula is C10H12N2O.